The van der Waals surface area contributed by atoms with Crippen LogP contribution < -0.4 is 28.7 Å². The number of nitrogens with two attached hydrogens (primary N) is 5. The Morgan fingerprint density at radius 3 is 0.796 bits per heavy atom. The molecule has 5 rings (SSSR count). The van der Waals surface area contributed by atoms with Crippen LogP contribution in [-0.2, 0) is 18.2 Å². The second-order valence-electron chi connectivity index (χ2n) is 14.2. The van der Waals surface area contributed by atoms with Crippen molar-refractivity contribution in [1.29, 1.82) is 0 Å². The summed E-state index contributed by atoms with van der Waals surface area (Å²) >= 11 is 0. The molecule has 16 heteroatoms. The van der Waals surface area contributed by atoms with Gasteiger partial charge in [-0.05, 0) is 64.2 Å². The zero-order chi connectivity index (χ0) is 37.0. The molecular weight excluding hydrogens is 672 g/mol. The highest BCUT2D eigenvalue weighted by molar-refractivity contribution is 7.46. The van der Waals surface area contributed by atoms with Crippen LogP contribution in [0.15, 0.2) is 0 Å². The lowest BCUT2D eigenvalue weighted by Gasteiger charge is -2.15. The molecule has 1 unspecified atom stereocenters. The maximum atomic E-state index is 10.2. The highest BCUT2D eigenvalue weighted by Crippen LogP contribution is 2.40. The van der Waals surface area contributed by atoms with Crippen molar-refractivity contribution in [2.45, 2.75) is 197 Å². The summed E-state index contributed by atoms with van der Waals surface area (Å²) < 4.78 is 28.2. The van der Waals surface area contributed by atoms with Gasteiger partial charge in [-0.25, -0.2) is 9.13 Å². The van der Waals surface area contributed by atoms with Crippen molar-refractivity contribution in [1.82, 2.24) is 0 Å². The van der Waals surface area contributed by atoms with E-state index in [1.165, 1.54) is 161 Å². The minimum atomic E-state index is -4.81. The third-order valence-corrected chi connectivity index (χ3v) is 10.2. The van der Waals surface area contributed by atoms with Crippen molar-refractivity contribution >= 4 is 15.6 Å². The number of phosphoric acid groups is 2. The Balaban J connectivity index is 0.000000578. The maximum absolute atomic E-state index is 10.2. The van der Waals surface area contributed by atoms with Crippen LogP contribution in [0.1, 0.15) is 161 Å². The Labute approximate surface area is 296 Å². The summed E-state index contributed by atoms with van der Waals surface area (Å²) in [6.45, 7) is -1.67. The van der Waals surface area contributed by atoms with Gasteiger partial charge in [0.15, 0.2) is 0 Å². The average Bonchev–Trinajstić information content (AvgIpc) is 3.06. The zero-order valence-corrected chi connectivity index (χ0v) is 32.0. The second-order valence-corrected chi connectivity index (χ2v) is 16.6. The van der Waals surface area contributed by atoms with Gasteiger partial charge >= 0.3 is 15.6 Å². The van der Waals surface area contributed by atoms with Crippen LogP contribution in [-0.4, -0.2) is 74.2 Å². The Bertz CT molecular complexity index is 732. The van der Waals surface area contributed by atoms with Crippen molar-refractivity contribution in [3.8, 4) is 0 Å². The molecule has 0 saturated heterocycles. The van der Waals surface area contributed by atoms with E-state index in [0.29, 0.717) is 30.2 Å². The largest absolute Gasteiger partial charge is 0.470 e. The van der Waals surface area contributed by atoms with Gasteiger partial charge in [0.1, 0.15) is 6.10 Å². The third-order valence-electron chi connectivity index (χ3n) is 9.17. The molecule has 5 aliphatic rings. The van der Waals surface area contributed by atoms with Gasteiger partial charge in [-0.3, -0.25) is 9.05 Å². The number of rotatable bonds is 6. The average molecular weight is 748 g/mol. The Hall–Kier alpha value is -0.0200. The van der Waals surface area contributed by atoms with Crippen LogP contribution in [0, 0.1) is 0 Å². The molecule has 0 aromatic rings. The second kappa shape index (κ2) is 30.4. The number of aliphatic hydroxyl groups excluding tert-OH is 1. The fourth-order valence-electron chi connectivity index (χ4n) is 6.16. The molecule has 1 atom stereocenters. The van der Waals surface area contributed by atoms with Gasteiger partial charge in [-0.1, -0.05) is 96.3 Å². The first-order chi connectivity index (χ1) is 23.1. The fraction of sp³-hybridized carbons (Fsp3) is 1.00. The molecule has 14 nitrogen and oxygen atoms in total. The minimum absolute atomic E-state index is 0.536. The molecule has 0 aliphatic heterocycles. The normalized spacial score (nSPS) is 22.5. The SMILES string of the molecule is NC1CCCCC1.NC1CCCCC1.NC1CCCCC1.NC1CCCCC1.NC1CCCCC1.O=P(O)(O)OCC(CO)OP(=O)(O)O. The first-order valence-electron chi connectivity index (χ1n) is 18.9. The highest BCUT2D eigenvalue weighted by atomic mass is 31.2. The molecule has 5 saturated carbocycles. The molecule has 5 aliphatic carbocycles. The molecular formula is C33H75N5O9P2. The summed E-state index contributed by atoms with van der Waals surface area (Å²) in [5, 5.41) is 8.48. The highest BCUT2D eigenvalue weighted by Gasteiger charge is 2.25. The third kappa shape index (κ3) is 36.1. The van der Waals surface area contributed by atoms with Gasteiger partial charge < -0.3 is 53.3 Å². The summed E-state index contributed by atoms with van der Waals surface area (Å²) in [7, 11) is -9.56. The lowest BCUT2D eigenvalue weighted by atomic mass is 9.97. The van der Waals surface area contributed by atoms with E-state index in [1.54, 1.807) is 0 Å². The van der Waals surface area contributed by atoms with E-state index in [-0.39, 0.29) is 0 Å². The van der Waals surface area contributed by atoms with Gasteiger partial charge in [0, 0.05) is 30.2 Å². The van der Waals surface area contributed by atoms with Crippen molar-refractivity contribution in [3.63, 3.8) is 0 Å². The van der Waals surface area contributed by atoms with Crippen LogP contribution in [0.5, 0.6) is 0 Å². The van der Waals surface area contributed by atoms with E-state index >= 15 is 0 Å². The number of hydrogen-bond donors (Lipinski definition) is 10. The molecule has 0 spiro atoms. The van der Waals surface area contributed by atoms with Crippen LogP contribution in [0.2, 0.25) is 0 Å². The smallest absolute Gasteiger partial charge is 0.394 e. The molecule has 0 aromatic carbocycles. The number of phosphoric ester groups is 2. The van der Waals surface area contributed by atoms with Crippen LogP contribution in [0.4, 0.5) is 0 Å². The summed E-state index contributed by atoms with van der Waals surface area (Å²) in [5.41, 5.74) is 28.2. The van der Waals surface area contributed by atoms with Crippen molar-refractivity contribution in [3.05, 3.63) is 0 Å². The standard InChI is InChI=1S/5C6H13N.C3H10O9P2/c5*7-6-4-2-1-3-5-6;4-1-3(12-14(8,9)10)2-11-13(5,6)7/h5*6H,1-5,7H2;3-4H,1-2H2,(H2,5,6,7)(H2,8,9,10). The van der Waals surface area contributed by atoms with Gasteiger partial charge in [-0.2, -0.15) is 0 Å². The summed E-state index contributed by atoms with van der Waals surface area (Å²) in [5.74, 6) is 0. The fourth-order valence-corrected chi connectivity index (χ4v) is 7.04. The zero-order valence-electron chi connectivity index (χ0n) is 30.2. The van der Waals surface area contributed by atoms with Crippen LogP contribution >= 0.6 is 15.6 Å². The van der Waals surface area contributed by atoms with E-state index in [1.807, 2.05) is 0 Å². The van der Waals surface area contributed by atoms with E-state index in [9.17, 15) is 9.13 Å². The Morgan fingerprint density at radius 1 is 0.449 bits per heavy atom. The van der Waals surface area contributed by atoms with E-state index in [0.717, 1.165) is 0 Å². The quantitative estimate of drug-likeness (QED) is 0.161. The molecule has 49 heavy (non-hydrogen) atoms. The van der Waals surface area contributed by atoms with Crippen LogP contribution in [0.25, 0.3) is 0 Å². The lowest BCUT2D eigenvalue weighted by Crippen LogP contribution is -2.22. The van der Waals surface area contributed by atoms with Gasteiger partial charge in [-0.15, -0.1) is 0 Å². The summed E-state index contributed by atoms with van der Waals surface area (Å²) in [6, 6.07) is 2.68. The molecule has 0 bridgehead atoms. The Kier molecular flexibility index (Phi) is 30.4. The van der Waals surface area contributed by atoms with Gasteiger partial charge in [0.2, 0.25) is 0 Å². The predicted molar refractivity (Wildman–Crippen MR) is 197 cm³/mol. The molecule has 0 aromatic heterocycles. The molecule has 5 fully saturated rings. The van der Waals surface area contributed by atoms with Crippen molar-refractivity contribution in [2.75, 3.05) is 13.2 Å². The Morgan fingerprint density at radius 2 is 0.673 bits per heavy atom. The van der Waals surface area contributed by atoms with Crippen molar-refractivity contribution < 1.29 is 42.9 Å². The van der Waals surface area contributed by atoms with E-state index in [4.69, 9.17) is 53.3 Å². The topological polar surface area (TPSA) is 284 Å². The lowest BCUT2D eigenvalue weighted by molar-refractivity contribution is 0.0365. The summed E-state index contributed by atoms with van der Waals surface area (Å²) in [6.07, 6.45) is 31.8. The minimum Gasteiger partial charge on any atom is -0.394 e. The maximum Gasteiger partial charge on any atom is 0.470 e. The predicted octanol–water partition coefficient (Wildman–Crippen LogP) is 4.95. The van der Waals surface area contributed by atoms with Crippen molar-refractivity contribution in [2.24, 2.45) is 28.7 Å². The summed E-state index contributed by atoms with van der Waals surface area (Å²) in [4.78, 5) is 33.0. The molecule has 296 valence electrons. The molecule has 0 radical (unpaired) electrons. The van der Waals surface area contributed by atoms with E-state index < -0.39 is 35.0 Å². The number of aliphatic hydroxyl groups is 1. The van der Waals surface area contributed by atoms with Crippen LogP contribution in [0.3, 0.4) is 0 Å². The van der Waals surface area contributed by atoms with Gasteiger partial charge in [0.25, 0.3) is 0 Å². The molecule has 15 N–H and O–H groups in total. The first-order valence-corrected chi connectivity index (χ1v) is 22.0. The monoisotopic (exact) mass is 748 g/mol. The van der Waals surface area contributed by atoms with Gasteiger partial charge in [0.05, 0.1) is 13.2 Å². The number of hydrogen-bond acceptors (Lipinski definition) is 10. The molecule has 0 amide bonds. The molecule has 0 heterocycles. The van der Waals surface area contributed by atoms with E-state index in [2.05, 4.69) is 9.05 Å². The first kappa shape index (κ1) is 49.0.